The Morgan fingerprint density at radius 1 is 1.21 bits per heavy atom. The van der Waals surface area contributed by atoms with Crippen LogP contribution in [0.4, 0.5) is 5.69 Å². The van der Waals surface area contributed by atoms with E-state index in [9.17, 15) is 14.9 Å². The van der Waals surface area contributed by atoms with E-state index < -0.39 is 10.9 Å². The number of benzene rings is 2. The van der Waals surface area contributed by atoms with Crippen LogP contribution in [0, 0.1) is 10.1 Å². The molecule has 0 amide bonds. The van der Waals surface area contributed by atoms with Crippen molar-refractivity contribution in [3.8, 4) is 11.1 Å². The van der Waals surface area contributed by atoms with Gasteiger partial charge >= 0.3 is 5.97 Å². The zero-order valence-electron chi connectivity index (χ0n) is 13.4. The standard InChI is InChI=1S/C18H16N2O4/c1-3-24-18(21)17-16(12-7-5-4-6-8-12)14-11-13(20(22)23)9-10-15(14)19(17)2/h4-11H,3H2,1-2H3. The van der Waals surface area contributed by atoms with Crippen LogP contribution in [0.1, 0.15) is 17.4 Å². The Balaban J connectivity index is 2.38. The Kier molecular flexibility index (Phi) is 4.04. The van der Waals surface area contributed by atoms with Crippen LogP contribution in [0.15, 0.2) is 48.5 Å². The number of esters is 1. The first-order valence-corrected chi connectivity index (χ1v) is 7.54. The molecule has 0 spiro atoms. The van der Waals surface area contributed by atoms with Crippen molar-refractivity contribution in [2.45, 2.75) is 6.92 Å². The Morgan fingerprint density at radius 3 is 2.54 bits per heavy atom. The number of nitro benzene ring substituents is 1. The van der Waals surface area contributed by atoms with Crippen molar-refractivity contribution in [2.24, 2.45) is 7.05 Å². The molecule has 2 aromatic carbocycles. The molecular weight excluding hydrogens is 308 g/mol. The molecule has 122 valence electrons. The number of aryl methyl sites for hydroxylation is 1. The van der Waals surface area contributed by atoms with Crippen LogP contribution in [0.5, 0.6) is 0 Å². The first-order valence-electron chi connectivity index (χ1n) is 7.54. The van der Waals surface area contributed by atoms with E-state index in [1.807, 2.05) is 30.3 Å². The molecule has 6 nitrogen and oxygen atoms in total. The minimum Gasteiger partial charge on any atom is -0.461 e. The number of carbonyl (C=O) groups excluding carboxylic acids is 1. The fourth-order valence-corrected chi connectivity index (χ4v) is 2.88. The third-order valence-corrected chi connectivity index (χ3v) is 3.93. The lowest BCUT2D eigenvalue weighted by molar-refractivity contribution is -0.384. The second-order valence-electron chi connectivity index (χ2n) is 5.33. The van der Waals surface area contributed by atoms with Gasteiger partial charge in [0.25, 0.3) is 5.69 Å². The Bertz CT molecular complexity index is 929. The highest BCUT2D eigenvalue weighted by Gasteiger charge is 2.24. The van der Waals surface area contributed by atoms with Crippen LogP contribution in [-0.4, -0.2) is 22.1 Å². The van der Waals surface area contributed by atoms with Gasteiger partial charge < -0.3 is 9.30 Å². The van der Waals surface area contributed by atoms with E-state index in [1.54, 1.807) is 24.6 Å². The summed E-state index contributed by atoms with van der Waals surface area (Å²) in [7, 11) is 1.76. The normalized spacial score (nSPS) is 10.8. The number of ether oxygens (including phenoxy) is 1. The fourth-order valence-electron chi connectivity index (χ4n) is 2.88. The molecule has 0 radical (unpaired) electrons. The molecule has 0 N–H and O–H groups in total. The lowest BCUT2D eigenvalue weighted by atomic mass is 10.0. The molecule has 1 heterocycles. The van der Waals surface area contributed by atoms with Crippen LogP contribution >= 0.6 is 0 Å². The second-order valence-corrected chi connectivity index (χ2v) is 5.33. The summed E-state index contributed by atoms with van der Waals surface area (Å²) in [6.07, 6.45) is 0. The topological polar surface area (TPSA) is 74.4 Å². The number of aromatic nitrogens is 1. The molecular formula is C18H16N2O4. The van der Waals surface area contributed by atoms with Crippen molar-refractivity contribution in [1.82, 2.24) is 4.57 Å². The number of carbonyl (C=O) groups is 1. The van der Waals surface area contributed by atoms with Crippen LogP contribution in [0.2, 0.25) is 0 Å². The molecule has 6 heteroatoms. The van der Waals surface area contributed by atoms with Gasteiger partial charge in [-0.05, 0) is 18.6 Å². The van der Waals surface area contributed by atoms with Gasteiger partial charge in [-0.25, -0.2) is 4.79 Å². The predicted octanol–water partition coefficient (Wildman–Crippen LogP) is 3.93. The van der Waals surface area contributed by atoms with Gasteiger partial charge in [-0.15, -0.1) is 0 Å². The number of non-ortho nitro benzene ring substituents is 1. The predicted molar refractivity (Wildman–Crippen MR) is 91.0 cm³/mol. The van der Waals surface area contributed by atoms with E-state index in [0.29, 0.717) is 16.6 Å². The number of nitrogens with zero attached hydrogens (tertiary/aromatic N) is 2. The van der Waals surface area contributed by atoms with Crippen molar-refractivity contribution in [3.63, 3.8) is 0 Å². The molecule has 0 atom stereocenters. The van der Waals surface area contributed by atoms with Gasteiger partial charge in [-0.2, -0.15) is 0 Å². The Hall–Kier alpha value is -3.15. The summed E-state index contributed by atoms with van der Waals surface area (Å²) < 4.78 is 6.91. The number of rotatable bonds is 4. The summed E-state index contributed by atoms with van der Waals surface area (Å²) in [6.45, 7) is 2.00. The lowest BCUT2D eigenvalue weighted by Crippen LogP contribution is -2.11. The highest BCUT2D eigenvalue weighted by Crippen LogP contribution is 2.36. The van der Waals surface area contributed by atoms with Crippen molar-refractivity contribution in [2.75, 3.05) is 6.61 Å². The lowest BCUT2D eigenvalue weighted by Gasteiger charge is -2.07. The van der Waals surface area contributed by atoms with Gasteiger partial charge in [-0.1, -0.05) is 30.3 Å². The van der Waals surface area contributed by atoms with Gasteiger partial charge in [0, 0.05) is 35.6 Å². The monoisotopic (exact) mass is 324 g/mol. The van der Waals surface area contributed by atoms with Gasteiger partial charge in [0.1, 0.15) is 5.69 Å². The third-order valence-electron chi connectivity index (χ3n) is 3.93. The van der Waals surface area contributed by atoms with Crippen LogP contribution in [-0.2, 0) is 11.8 Å². The SMILES string of the molecule is CCOC(=O)c1c(-c2ccccc2)c2cc([N+](=O)[O-])ccc2n1C. The molecule has 3 aromatic rings. The molecule has 3 rings (SSSR count). The van der Waals surface area contributed by atoms with Crippen LogP contribution in [0.3, 0.4) is 0 Å². The van der Waals surface area contributed by atoms with E-state index >= 15 is 0 Å². The molecule has 0 saturated heterocycles. The highest BCUT2D eigenvalue weighted by molar-refractivity contribution is 6.09. The van der Waals surface area contributed by atoms with Gasteiger partial charge in [0.15, 0.2) is 0 Å². The van der Waals surface area contributed by atoms with E-state index in [-0.39, 0.29) is 12.3 Å². The molecule has 24 heavy (non-hydrogen) atoms. The summed E-state index contributed by atoms with van der Waals surface area (Å²) in [5, 5.41) is 11.8. The molecule has 0 fully saturated rings. The van der Waals surface area contributed by atoms with E-state index in [0.717, 1.165) is 11.1 Å². The van der Waals surface area contributed by atoms with Crippen LogP contribution < -0.4 is 0 Å². The molecule has 0 unspecified atom stereocenters. The Morgan fingerprint density at radius 2 is 1.92 bits per heavy atom. The number of fused-ring (bicyclic) bond motifs is 1. The van der Waals surface area contributed by atoms with Crippen LogP contribution in [0.25, 0.3) is 22.0 Å². The van der Waals surface area contributed by atoms with Crippen molar-refractivity contribution >= 4 is 22.6 Å². The maximum absolute atomic E-state index is 12.5. The molecule has 1 aromatic heterocycles. The van der Waals surface area contributed by atoms with Gasteiger partial charge in [-0.3, -0.25) is 10.1 Å². The number of hydrogen-bond acceptors (Lipinski definition) is 4. The first kappa shape index (κ1) is 15.7. The quantitative estimate of drug-likeness (QED) is 0.414. The number of nitro groups is 1. The molecule has 0 bridgehead atoms. The summed E-state index contributed by atoms with van der Waals surface area (Å²) in [5.74, 6) is -0.447. The maximum Gasteiger partial charge on any atom is 0.355 e. The minimum atomic E-state index is -0.447. The van der Waals surface area contributed by atoms with Gasteiger partial charge in [0.05, 0.1) is 11.5 Å². The molecule has 0 aliphatic rings. The largest absolute Gasteiger partial charge is 0.461 e. The highest BCUT2D eigenvalue weighted by atomic mass is 16.6. The minimum absolute atomic E-state index is 0.0133. The summed E-state index contributed by atoms with van der Waals surface area (Å²) in [6, 6.07) is 13.9. The number of hydrogen-bond donors (Lipinski definition) is 0. The van der Waals surface area contributed by atoms with E-state index in [2.05, 4.69) is 0 Å². The molecule has 0 saturated carbocycles. The fraction of sp³-hybridized carbons (Fsp3) is 0.167. The summed E-state index contributed by atoms with van der Waals surface area (Å²) >= 11 is 0. The summed E-state index contributed by atoms with van der Waals surface area (Å²) in [5.41, 5.74) is 2.57. The zero-order chi connectivity index (χ0) is 17.3. The molecule has 0 aliphatic carbocycles. The van der Waals surface area contributed by atoms with Crippen molar-refractivity contribution in [1.29, 1.82) is 0 Å². The molecule has 0 aliphatic heterocycles. The van der Waals surface area contributed by atoms with E-state index in [1.165, 1.54) is 12.1 Å². The first-order chi connectivity index (χ1) is 11.5. The maximum atomic E-state index is 12.5. The zero-order valence-corrected chi connectivity index (χ0v) is 13.4. The van der Waals surface area contributed by atoms with Crippen molar-refractivity contribution in [3.05, 3.63) is 64.3 Å². The van der Waals surface area contributed by atoms with E-state index in [4.69, 9.17) is 4.74 Å². The van der Waals surface area contributed by atoms with Gasteiger partial charge in [0.2, 0.25) is 0 Å². The average Bonchev–Trinajstić information content (AvgIpc) is 2.88. The van der Waals surface area contributed by atoms with Crippen molar-refractivity contribution < 1.29 is 14.5 Å². The average molecular weight is 324 g/mol. The summed E-state index contributed by atoms with van der Waals surface area (Å²) in [4.78, 5) is 23.2. The smallest absolute Gasteiger partial charge is 0.355 e. The second kappa shape index (κ2) is 6.16. The third kappa shape index (κ3) is 2.52. The Labute approximate surface area is 138 Å².